The lowest BCUT2D eigenvalue weighted by Crippen LogP contribution is -2.26. The fourth-order valence-electron chi connectivity index (χ4n) is 4.99. The number of carbonyl (C=O) groups is 1. The molecular weight excluding hydrogens is 450 g/mol. The molecule has 0 unspecified atom stereocenters. The first kappa shape index (κ1) is 24.1. The van der Waals surface area contributed by atoms with Gasteiger partial charge in [-0.25, -0.2) is 0 Å². The van der Waals surface area contributed by atoms with E-state index in [2.05, 4.69) is 17.0 Å². The Labute approximate surface area is 212 Å². The maximum Gasteiger partial charge on any atom is 0.197 e. The molecule has 0 bridgehead atoms. The van der Waals surface area contributed by atoms with Crippen molar-refractivity contribution in [2.75, 3.05) is 33.9 Å². The summed E-state index contributed by atoms with van der Waals surface area (Å²) in [7, 11) is 3.25. The van der Waals surface area contributed by atoms with Gasteiger partial charge >= 0.3 is 0 Å². The van der Waals surface area contributed by atoms with E-state index in [1.165, 1.54) is 44.3 Å². The third kappa shape index (κ3) is 5.17. The third-order valence-corrected chi connectivity index (χ3v) is 7.11. The van der Waals surface area contributed by atoms with Crippen molar-refractivity contribution in [1.29, 1.82) is 0 Å². The van der Waals surface area contributed by atoms with Gasteiger partial charge in [-0.3, -0.25) is 4.79 Å². The highest BCUT2D eigenvalue weighted by molar-refractivity contribution is 6.19. The van der Waals surface area contributed by atoms with Gasteiger partial charge in [0.1, 0.15) is 22.8 Å². The van der Waals surface area contributed by atoms with Crippen molar-refractivity contribution in [2.45, 2.75) is 32.1 Å². The number of likely N-dealkylation sites (tertiary alicyclic amines) is 1. The van der Waals surface area contributed by atoms with Crippen LogP contribution in [0.5, 0.6) is 11.5 Å². The predicted octanol–water partition coefficient (Wildman–Crippen LogP) is 6.77. The molecule has 2 heterocycles. The van der Waals surface area contributed by atoms with Crippen molar-refractivity contribution in [1.82, 2.24) is 4.90 Å². The molecule has 0 saturated carbocycles. The molecule has 0 N–H and O–H groups in total. The number of hydrogen-bond donors (Lipinski definition) is 0. The number of rotatable bonds is 8. The number of fused-ring (bicyclic) bond motifs is 1. The van der Waals surface area contributed by atoms with Crippen LogP contribution < -0.4 is 9.47 Å². The molecule has 1 aromatic heterocycles. The molecule has 1 saturated heterocycles. The summed E-state index contributed by atoms with van der Waals surface area (Å²) in [5, 5.41) is 0.775. The summed E-state index contributed by atoms with van der Waals surface area (Å²) in [5.74, 6) is 1.94. The van der Waals surface area contributed by atoms with Gasteiger partial charge < -0.3 is 18.8 Å². The Morgan fingerprint density at radius 1 is 0.833 bits per heavy atom. The van der Waals surface area contributed by atoms with Crippen LogP contribution in [0.4, 0.5) is 0 Å². The lowest BCUT2D eigenvalue weighted by atomic mass is 9.96. The van der Waals surface area contributed by atoms with Crippen LogP contribution in [0, 0.1) is 0 Å². The first-order valence-corrected chi connectivity index (χ1v) is 12.8. The summed E-state index contributed by atoms with van der Waals surface area (Å²) >= 11 is 0. The highest BCUT2D eigenvalue weighted by atomic mass is 16.5. The van der Waals surface area contributed by atoms with Gasteiger partial charge in [0.2, 0.25) is 0 Å². The van der Waals surface area contributed by atoms with E-state index in [1.54, 1.807) is 14.2 Å². The quantitative estimate of drug-likeness (QED) is 0.259. The second kappa shape index (κ2) is 11.0. The summed E-state index contributed by atoms with van der Waals surface area (Å²) in [6, 6.07) is 21.2. The molecule has 0 aliphatic carbocycles. The monoisotopic (exact) mass is 483 g/mol. The van der Waals surface area contributed by atoms with E-state index in [9.17, 15) is 4.79 Å². The molecule has 186 valence electrons. The van der Waals surface area contributed by atoms with Gasteiger partial charge in [-0.15, -0.1) is 0 Å². The Morgan fingerprint density at radius 3 is 2.17 bits per heavy atom. The highest BCUT2D eigenvalue weighted by Crippen LogP contribution is 2.37. The van der Waals surface area contributed by atoms with Gasteiger partial charge in [-0.05, 0) is 74.3 Å². The molecule has 1 aliphatic heterocycles. The molecule has 1 fully saturated rings. The second-order valence-electron chi connectivity index (χ2n) is 9.43. The third-order valence-electron chi connectivity index (χ3n) is 7.11. The topological polar surface area (TPSA) is 51.9 Å². The van der Waals surface area contributed by atoms with Crippen molar-refractivity contribution < 1.29 is 18.7 Å². The molecule has 5 heteroatoms. The number of ether oxygens (including phenoxy) is 2. The van der Waals surface area contributed by atoms with Crippen LogP contribution in [-0.2, 0) is 6.42 Å². The molecule has 5 rings (SSSR count). The molecule has 0 spiro atoms. The number of carbonyl (C=O) groups excluding carboxylic acids is 1. The van der Waals surface area contributed by atoms with Crippen LogP contribution in [0.1, 0.15) is 47.2 Å². The zero-order valence-corrected chi connectivity index (χ0v) is 21.1. The molecular formula is C31H33NO4. The van der Waals surface area contributed by atoms with E-state index in [0.29, 0.717) is 28.2 Å². The maximum absolute atomic E-state index is 13.8. The molecule has 0 radical (unpaired) electrons. The molecule has 0 amide bonds. The fourth-order valence-corrected chi connectivity index (χ4v) is 4.99. The predicted molar refractivity (Wildman–Crippen MR) is 143 cm³/mol. The number of benzene rings is 3. The van der Waals surface area contributed by atoms with Crippen molar-refractivity contribution in [3.63, 3.8) is 0 Å². The van der Waals surface area contributed by atoms with Gasteiger partial charge in [-0.1, -0.05) is 37.1 Å². The Bertz CT molecular complexity index is 1310. The summed E-state index contributed by atoms with van der Waals surface area (Å²) in [6.07, 6.45) is 6.30. The van der Waals surface area contributed by atoms with Crippen LogP contribution in [-0.4, -0.2) is 44.5 Å². The van der Waals surface area contributed by atoms with Crippen LogP contribution in [0.2, 0.25) is 0 Å². The Morgan fingerprint density at radius 2 is 1.50 bits per heavy atom. The Balaban J connectivity index is 1.43. The minimum absolute atomic E-state index is 0.0520. The van der Waals surface area contributed by atoms with Crippen LogP contribution in [0.25, 0.3) is 22.3 Å². The van der Waals surface area contributed by atoms with Crippen molar-refractivity contribution in [3.05, 3.63) is 83.4 Å². The van der Waals surface area contributed by atoms with E-state index in [0.717, 1.165) is 29.7 Å². The second-order valence-corrected chi connectivity index (χ2v) is 9.43. The van der Waals surface area contributed by atoms with E-state index in [4.69, 9.17) is 13.9 Å². The van der Waals surface area contributed by atoms with Gasteiger partial charge in [0.05, 0.1) is 19.8 Å². The molecule has 4 aromatic rings. The van der Waals surface area contributed by atoms with E-state index >= 15 is 0 Å². The van der Waals surface area contributed by atoms with Crippen molar-refractivity contribution >= 4 is 16.8 Å². The smallest absolute Gasteiger partial charge is 0.197 e. The summed E-state index contributed by atoms with van der Waals surface area (Å²) < 4.78 is 16.9. The highest BCUT2D eigenvalue weighted by Gasteiger charge is 2.24. The summed E-state index contributed by atoms with van der Waals surface area (Å²) in [4.78, 5) is 16.4. The zero-order valence-electron chi connectivity index (χ0n) is 21.1. The lowest BCUT2D eigenvalue weighted by molar-refractivity contribution is 0.104. The standard InChI is InChI=1S/C31H33NO4/c1-34-25-13-11-24(12-14-25)31-29(27-16-15-26(35-2)21-28(27)36-31)30(33)23-9-7-22(8-10-23)17-20-32-18-5-3-4-6-19-32/h7-16,21H,3-6,17-20H2,1-2H3. The summed E-state index contributed by atoms with van der Waals surface area (Å²) in [6.45, 7) is 3.47. The van der Waals surface area contributed by atoms with Crippen molar-refractivity contribution in [3.8, 4) is 22.8 Å². The normalized spacial score (nSPS) is 14.5. The van der Waals surface area contributed by atoms with Gasteiger partial charge in [0, 0.05) is 29.1 Å². The van der Waals surface area contributed by atoms with Gasteiger partial charge in [0.15, 0.2) is 5.78 Å². The summed E-state index contributed by atoms with van der Waals surface area (Å²) in [5.41, 5.74) is 3.92. The largest absolute Gasteiger partial charge is 0.497 e. The molecule has 5 nitrogen and oxygen atoms in total. The number of ketones is 1. The molecule has 3 aromatic carbocycles. The van der Waals surface area contributed by atoms with Crippen LogP contribution >= 0.6 is 0 Å². The Hall–Kier alpha value is -3.57. The minimum atomic E-state index is -0.0520. The van der Waals surface area contributed by atoms with Crippen LogP contribution in [0.3, 0.4) is 0 Å². The molecule has 36 heavy (non-hydrogen) atoms. The van der Waals surface area contributed by atoms with Crippen molar-refractivity contribution in [2.24, 2.45) is 0 Å². The minimum Gasteiger partial charge on any atom is -0.497 e. The van der Waals surface area contributed by atoms with Gasteiger partial charge in [-0.2, -0.15) is 0 Å². The molecule has 1 aliphatic rings. The fraction of sp³-hybridized carbons (Fsp3) is 0.323. The lowest BCUT2D eigenvalue weighted by Gasteiger charge is -2.19. The Kier molecular flexibility index (Phi) is 7.38. The SMILES string of the molecule is COc1ccc(-c2oc3cc(OC)ccc3c2C(=O)c2ccc(CCN3CCCCCC3)cc2)cc1. The first-order chi connectivity index (χ1) is 17.7. The molecule has 0 atom stereocenters. The average molecular weight is 484 g/mol. The number of hydrogen-bond acceptors (Lipinski definition) is 5. The number of furan rings is 1. The zero-order chi connectivity index (χ0) is 24.9. The number of methoxy groups -OCH3 is 2. The van der Waals surface area contributed by atoms with E-state index in [-0.39, 0.29) is 5.78 Å². The van der Waals surface area contributed by atoms with Gasteiger partial charge in [0.25, 0.3) is 0 Å². The van der Waals surface area contributed by atoms with E-state index in [1.807, 2.05) is 54.6 Å². The maximum atomic E-state index is 13.8. The first-order valence-electron chi connectivity index (χ1n) is 12.8. The average Bonchev–Trinajstić information content (AvgIpc) is 3.10. The van der Waals surface area contributed by atoms with E-state index < -0.39 is 0 Å². The number of nitrogens with zero attached hydrogens (tertiary/aromatic N) is 1. The van der Waals surface area contributed by atoms with Crippen LogP contribution in [0.15, 0.2) is 71.1 Å².